The van der Waals surface area contributed by atoms with Gasteiger partial charge in [0.25, 0.3) is 0 Å². The molecule has 0 aliphatic carbocycles. The summed E-state index contributed by atoms with van der Waals surface area (Å²) >= 11 is 0. The van der Waals surface area contributed by atoms with Crippen molar-refractivity contribution in [3.05, 3.63) is 72.9 Å². The predicted molar refractivity (Wildman–Crippen MR) is 240 cm³/mol. The maximum absolute atomic E-state index is 12.8. The second kappa shape index (κ2) is 42.9. The fourth-order valence-electron chi connectivity index (χ4n) is 6.18. The quantitative estimate of drug-likeness (QED) is 0.0274. The van der Waals surface area contributed by atoms with Crippen LogP contribution in [0.15, 0.2) is 72.9 Å². The highest BCUT2D eigenvalue weighted by Gasteiger charge is 2.18. The van der Waals surface area contributed by atoms with Crippen molar-refractivity contribution in [2.24, 2.45) is 0 Å². The smallest absolute Gasteiger partial charge is 0.328 e. The van der Waals surface area contributed by atoms with Gasteiger partial charge in [-0.15, -0.1) is 0 Å². The minimum atomic E-state index is -1.38. The fourth-order valence-corrected chi connectivity index (χ4v) is 6.18. The molecule has 0 bridgehead atoms. The van der Waals surface area contributed by atoms with Crippen LogP contribution in [0, 0.1) is 0 Å². The Hall–Kier alpha value is -3.72. The van der Waals surface area contributed by atoms with Gasteiger partial charge in [0.15, 0.2) is 0 Å². The van der Waals surface area contributed by atoms with Crippen LogP contribution in [0.1, 0.15) is 187 Å². The number of ether oxygens (including phenoxy) is 1. The average Bonchev–Trinajstić information content (AvgIpc) is 3.21. The number of carboxylic acids is 1. The highest BCUT2D eigenvalue weighted by atomic mass is 16.5. The van der Waals surface area contributed by atoms with E-state index in [0.717, 1.165) is 103 Å². The van der Waals surface area contributed by atoms with Gasteiger partial charge in [-0.1, -0.05) is 158 Å². The van der Waals surface area contributed by atoms with Gasteiger partial charge >= 0.3 is 11.9 Å². The van der Waals surface area contributed by atoms with Crippen molar-refractivity contribution in [1.82, 2.24) is 10.6 Å². The summed E-state index contributed by atoms with van der Waals surface area (Å²) in [4.78, 5) is 47.5. The van der Waals surface area contributed by atoms with Crippen LogP contribution in [0.3, 0.4) is 0 Å². The van der Waals surface area contributed by atoms with E-state index in [2.05, 4.69) is 97.4 Å². The molecular weight excluding hydrogens is 729 g/mol. The number of aliphatic carboxylic acids is 1. The lowest BCUT2D eigenvalue weighted by Gasteiger charge is -2.15. The highest BCUT2D eigenvalue weighted by Crippen LogP contribution is 2.16. The Morgan fingerprint density at radius 1 is 0.552 bits per heavy atom. The molecule has 0 aromatic rings. The molecule has 0 saturated carbocycles. The number of amides is 2. The molecule has 2 amide bonds. The van der Waals surface area contributed by atoms with Gasteiger partial charge in [-0.3, -0.25) is 14.4 Å². The van der Waals surface area contributed by atoms with Crippen LogP contribution in [0.4, 0.5) is 0 Å². The molecule has 0 heterocycles. The Kier molecular flexibility index (Phi) is 40.1. The zero-order valence-electron chi connectivity index (χ0n) is 36.5. The molecule has 9 heteroatoms. The molecule has 0 aromatic heterocycles. The van der Waals surface area contributed by atoms with E-state index in [1.807, 2.05) is 0 Å². The molecule has 0 aromatic carbocycles. The van der Waals surface area contributed by atoms with Gasteiger partial charge in [0.1, 0.15) is 12.1 Å². The third-order valence-electron chi connectivity index (χ3n) is 9.67. The van der Waals surface area contributed by atoms with Crippen molar-refractivity contribution in [3.63, 3.8) is 0 Å². The van der Waals surface area contributed by atoms with Crippen molar-refractivity contribution in [2.45, 2.75) is 199 Å². The van der Waals surface area contributed by atoms with Crippen molar-refractivity contribution in [3.8, 4) is 0 Å². The lowest BCUT2D eigenvalue weighted by atomic mass is 10.0. The molecule has 0 saturated heterocycles. The Morgan fingerprint density at radius 2 is 1.03 bits per heavy atom. The first-order chi connectivity index (χ1) is 28.3. The number of allylic oxidation sites excluding steroid dienone is 11. The second-order valence-electron chi connectivity index (χ2n) is 15.1. The summed E-state index contributed by atoms with van der Waals surface area (Å²) in [5.74, 6) is -2.35. The number of hydrogen-bond donors (Lipinski definition) is 4. The number of aliphatic hydroxyl groups is 1. The number of hydrogen-bond acceptors (Lipinski definition) is 6. The molecule has 0 radical (unpaired) electrons. The van der Waals surface area contributed by atoms with E-state index in [1.54, 1.807) is 0 Å². The summed E-state index contributed by atoms with van der Waals surface area (Å²) < 4.78 is 5.94. The number of rotatable bonds is 40. The maximum atomic E-state index is 12.8. The van der Waals surface area contributed by atoms with Crippen LogP contribution < -0.4 is 10.6 Å². The van der Waals surface area contributed by atoms with Gasteiger partial charge in [-0.05, 0) is 89.5 Å². The molecule has 58 heavy (non-hydrogen) atoms. The topological polar surface area (TPSA) is 142 Å². The van der Waals surface area contributed by atoms with E-state index in [-0.39, 0.29) is 24.5 Å². The Morgan fingerprint density at radius 3 is 1.59 bits per heavy atom. The van der Waals surface area contributed by atoms with E-state index in [0.29, 0.717) is 19.3 Å². The number of aliphatic hydroxyl groups excluding tert-OH is 1. The normalized spacial score (nSPS) is 13.2. The highest BCUT2D eigenvalue weighted by molar-refractivity contribution is 5.87. The fraction of sp³-hybridized carbons (Fsp3) is 0.673. The number of nitrogens with one attached hydrogen (secondary N) is 2. The minimum absolute atomic E-state index is 0.0983. The minimum Gasteiger partial charge on any atom is -0.480 e. The van der Waals surface area contributed by atoms with Crippen LogP contribution in [0.5, 0.6) is 0 Å². The number of esters is 1. The maximum Gasteiger partial charge on any atom is 0.328 e. The van der Waals surface area contributed by atoms with Crippen LogP contribution in [0.25, 0.3) is 0 Å². The summed E-state index contributed by atoms with van der Waals surface area (Å²) in [6.07, 6.45) is 53.8. The first kappa shape index (κ1) is 54.3. The molecule has 0 aliphatic rings. The van der Waals surface area contributed by atoms with Gasteiger partial charge in [-0.2, -0.15) is 0 Å². The number of carbonyl (C=O) groups excluding carboxylic acids is 3. The van der Waals surface area contributed by atoms with E-state index >= 15 is 0 Å². The first-order valence-electron chi connectivity index (χ1n) is 22.8. The molecule has 0 fully saturated rings. The number of unbranched alkanes of at least 4 members (excludes halogenated alkanes) is 16. The lowest BCUT2D eigenvalue weighted by Crippen LogP contribution is -2.47. The number of carboxylic acid groups (broad SMARTS) is 1. The van der Waals surface area contributed by atoms with Gasteiger partial charge in [0.2, 0.25) is 11.8 Å². The number of carbonyl (C=O) groups is 4. The summed E-state index contributed by atoms with van der Waals surface area (Å²) in [5, 5.41) is 22.5. The lowest BCUT2D eigenvalue weighted by molar-refractivity contribution is -0.147. The molecule has 0 aliphatic heterocycles. The molecule has 9 nitrogen and oxygen atoms in total. The van der Waals surface area contributed by atoms with Crippen molar-refractivity contribution < 1.29 is 34.1 Å². The molecule has 0 spiro atoms. The Labute approximate surface area is 353 Å². The van der Waals surface area contributed by atoms with Gasteiger partial charge in [0, 0.05) is 12.8 Å². The third-order valence-corrected chi connectivity index (χ3v) is 9.67. The zero-order valence-corrected chi connectivity index (χ0v) is 36.5. The average molecular weight is 811 g/mol. The van der Waals surface area contributed by atoms with Gasteiger partial charge in [-0.25, -0.2) is 4.79 Å². The summed E-state index contributed by atoms with van der Waals surface area (Å²) in [6, 6.07) is -1.38. The third kappa shape index (κ3) is 39.1. The van der Waals surface area contributed by atoms with E-state index in [4.69, 9.17) is 14.9 Å². The standard InChI is InChI=1S/C49H82N2O7/c1-3-5-7-9-11-13-14-15-16-17-18-19-20-21-22-23-24-25-27-33-37-41-48(55)58-44(38-34-30-26-12-10-8-6-4-2)39-35-31-28-29-32-36-40-46(53)50-42-47(54)51-45(43-52)49(56)57/h5,7,11,13,15-16,18-19,21-22,34,38,44-45,52H,3-4,6,8-10,12,14,17,20,23-33,35-37,39-43H2,1-2H3,(H,50,53)(H,51,54)(H,56,57)/b7-5-,13-11-,16-15-,19-18-,22-21-,38-34-. The summed E-state index contributed by atoms with van der Waals surface area (Å²) in [6.45, 7) is 3.35. The molecule has 4 N–H and O–H groups in total. The van der Waals surface area contributed by atoms with Crippen LogP contribution in [-0.2, 0) is 23.9 Å². The van der Waals surface area contributed by atoms with E-state index in [9.17, 15) is 19.2 Å². The van der Waals surface area contributed by atoms with Gasteiger partial charge in [0.05, 0.1) is 13.2 Å². The van der Waals surface area contributed by atoms with Crippen LogP contribution in [-0.4, -0.2) is 59.3 Å². The van der Waals surface area contributed by atoms with E-state index in [1.165, 1.54) is 51.4 Å². The van der Waals surface area contributed by atoms with Crippen LogP contribution >= 0.6 is 0 Å². The Bertz CT molecular complexity index is 1200. The largest absolute Gasteiger partial charge is 0.480 e. The van der Waals surface area contributed by atoms with Crippen molar-refractivity contribution in [2.75, 3.05) is 13.2 Å². The second-order valence-corrected chi connectivity index (χ2v) is 15.1. The predicted octanol–water partition coefficient (Wildman–Crippen LogP) is 11.5. The van der Waals surface area contributed by atoms with Gasteiger partial charge < -0.3 is 25.6 Å². The van der Waals surface area contributed by atoms with Crippen molar-refractivity contribution >= 4 is 23.8 Å². The molecule has 2 atom stereocenters. The van der Waals surface area contributed by atoms with Crippen molar-refractivity contribution in [1.29, 1.82) is 0 Å². The molecule has 0 rings (SSSR count). The van der Waals surface area contributed by atoms with E-state index < -0.39 is 24.5 Å². The SMILES string of the molecule is CC/C=C\C/C=C\C/C=C\C/C=C\C/C=C\CCCCCCCC(=O)OC(/C=C\CCCCCCCC)CCCCCCCCC(=O)NCC(=O)NC(CO)C(=O)O. The molecular formula is C49H82N2O7. The molecule has 330 valence electrons. The Balaban J connectivity index is 4.24. The summed E-state index contributed by atoms with van der Waals surface area (Å²) in [7, 11) is 0. The zero-order chi connectivity index (χ0) is 42.6. The van der Waals surface area contributed by atoms with Crippen LogP contribution in [0.2, 0.25) is 0 Å². The summed E-state index contributed by atoms with van der Waals surface area (Å²) in [5.41, 5.74) is 0. The first-order valence-corrected chi connectivity index (χ1v) is 22.8. The molecule has 2 unspecified atom stereocenters. The monoisotopic (exact) mass is 811 g/mol.